The number of rotatable bonds is 14. The van der Waals surface area contributed by atoms with E-state index in [1.54, 1.807) is 0 Å². The van der Waals surface area contributed by atoms with Crippen molar-refractivity contribution in [3.8, 4) is 0 Å². The zero-order valence-corrected chi connectivity index (χ0v) is 17.3. The minimum Gasteiger partial charge on any atom is -0.480 e. The van der Waals surface area contributed by atoms with Crippen LogP contribution in [0.2, 0.25) is 0 Å². The van der Waals surface area contributed by atoms with Crippen molar-refractivity contribution in [1.82, 2.24) is 25.9 Å². The second-order valence-electron chi connectivity index (χ2n) is 6.76. The van der Waals surface area contributed by atoms with E-state index < -0.39 is 55.0 Å². The molecule has 1 aromatic rings. The first-order valence-corrected chi connectivity index (χ1v) is 9.63. The van der Waals surface area contributed by atoms with Gasteiger partial charge in [0.15, 0.2) is 5.96 Å². The number of H-pyrrole nitrogens is 1. The van der Waals surface area contributed by atoms with Gasteiger partial charge in [0.2, 0.25) is 17.7 Å². The molecule has 15 heteroatoms. The molecule has 0 aliphatic carbocycles. The number of amides is 3. The van der Waals surface area contributed by atoms with Crippen molar-refractivity contribution in [2.75, 3.05) is 19.7 Å². The zero-order chi connectivity index (χ0) is 24.1. The molecule has 0 saturated carbocycles. The molecular formula is C17H29N9O6. The van der Waals surface area contributed by atoms with Crippen molar-refractivity contribution in [3.05, 3.63) is 18.2 Å². The van der Waals surface area contributed by atoms with Crippen LogP contribution in [0.15, 0.2) is 17.5 Å². The summed E-state index contributed by atoms with van der Waals surface area (Å²) in [5, 5.41) is 25.3. The molecule has 3 atom stereocenters. The number of aliphatic carboxylic acids is 1. The van der Waals surface area contributed by atoms with Gasteiger partial charge >= 0.3 is 5.97 Å². The van der Waals surface area contributed by atoms with Crippen molar-refractivity contribution < 1.29 is 29.4 Å². The molecule has 12 N–H and O–H groups in total. The SMILES string of the molecule is NC(N)=NCCCC(NC(=O)CNC(=O)C(N)CO)C(=O)NC(Cc1cnc[nH]1)C(=O)O. The molecule has 15 nitrogen and oxygen atoms in total. The number of hydrogen-bond donors (Lipinski definition) is 9. The van der Waals surface area contributed by atoms with E-state index >= 15 is 0 Å². The first kappa shape index (κ1) is 26.3. The number of carboxylic acid groups (broad SMARTS) is 1. The normalized spacial score (nSPS) is 13.3. The molecule has 0 radical (unpaired) electrons. The Hall–Kier alpha value is -3.72. The molecule has 1 rings (SSSR count). The quantitative estimate of drug-likeness (QED) is 0.0736. The Kier molecular flexibility index (Phi) is 11.1. The van der Waals surface area contributed by atoms with Crippen LogP contribution in [0.1, 0.15) is 18.5 Å². The first-order valence-electron chi connectivity index (χ1n) is 9.63. The first-order chi connectivity index (χ1) is 15.1. The number of carbonyl (C=O) groups is 4. The van der Waals surface area contributed by atoms with Crippen molar-refractivity contribution in [2.45, 2.75) is 37.4 Å². The summed E-state index contributed by atoms with van der Waals surface area (Å²) in [7, 11) is 0. The summed E-state index contributed by atoms with van der Waals surface area (Å²) in [6, 6.07) is -3.59. The highest BCUT2D eigenvalue weighted by Gasteiger charge is 2.27. The van der Waals surface area contributed by atoms with Crippen LogP contribution in [0.4, 0.5) is 0 Å². The van der Waals surface area contributed by atoms with Gasteiger partial charge in [-0.15, -0.1) is 0 Å². The third-order valence-electron chi connectivity index (χ3n) is 4.15. The number of aliphatic imine (C=N–C) groups is 1. The van der Waals surface area contributed by atoms with Crippen molar-refractivity contribution in [1.29, 1.82) is 0 Å². The molecule has 0 aromatic carbocycles. The molecule has 0 aliphatic rings. The Bertz CT molecular complexity index is 794. The van der Waals surface area contributed by atoms with E-state index in [9.17, 15) is 24.3 Å². The van der Waals surface area contributed by atoms with E-state index in [-0.39, 0.29) is 25.3 Å². The molecule has 1 heterocycles. The van der Waals surface area contributed by atoms with Crippen LogP contribution in [0, 0.1) is 0 Å². The minimum absolute atomic E-state index is 0.0507. The zero-order valence-electron chi connectivity index (χ0n) is 17.3. The van der Waals surface area contributed by atoms with Crippen molar-refractivity contribution in [2.24, 2.45) is 22.2 Å². The van der Waals surface area contributed by atoms with E-state index in [1.165, 1.54) is 12.5 Å². The number of carboxylic acids is 1. The second-order valence-corrected chi connectivity index (χ2v) is 6.76. The van der Waals surface area contributed by atoms with E-state index in [0.29, 0.717) is 12.1 Å². The lowest BCUT2D eigenvalue weighted by molar-refractivity contribution is -0.142. The van der Waals surface area contributed by atoms with Crippen LogP contribution in [0.25, 0.3) is 0 Å². The molecule has 3 unspecified atom stereocenters. The summed E-state index contributed by atoms with van der Waals surface area (Å²) in [6.07, 6.45) is 3.14. The van der Waals surface area contributed by atoms with Gasteiger partial charge < -0.3 is 48.3 Å². The Morgan fingerprint density at radius 2 is 1.88 bits per heavy atom. The Morgan fingerprint density at radius 1 is 1.16 bits per heavy atom. The maximum absolute atomic E-state index is 12.7. The Balaban J connectivity index is 2.77. The van der Waals surface area contributed by atoms with Crippen LogP contribution in [-0.2, 0) is 25.6 Å². The highest BCUT2D eigenvalue weighted by atomic mass is 16.4. The van der Waals surface area contributed by atoms with Crippen LogP contribution in [0.3, 0.4) is 0 Å². The van der Waals surface area contributed by atoms with Gasteiger partial charge in [-0.05, 0) is 12.8 Å². The predicted octanol–water partition coefficient (Wildman–Crippen LogP) is -4.50. The van der Waals surface area contributed by atoms with Crippen LogP contribution in [0.5, 0.6) is 0 Å². The van der Waals surface area contributed by atoms with Crippen molar-refractivity contribution in [3.63, 3.8) is 0 Å². The predicted molar refractivity (Wildman–Crippen MR) is 112 cm³/mol. The van der Waals surface area contributed by atoms with Gasteiger partial charge in [0.1, 0.15) is 18.1 Å². The number of guanidine groups is 1. The van der Waals surface area contributed by atoms with Gasteiger partial charge in [-0.1, -0.05) is 0 Å². The fourth-order valence-corrected chi connectivity index (χ4v) is 2.49. The molecule has 3 amide bonds. The lowest BCUT2D eigenvalue weighted by atomic mass is 10.1. The summed E-state index contributed by atoms with van der Waals surface area (Å²) in [6.45, 7) is -0.919. The molecule has 1 aromatic heterocycles. The number of nitrogens with two attached hydrogens (primary N) is 3. The van der Waals surface area contributed by atoms with Gasteiger partial charge in [0.25, 0.3) is 0 Å². The van der Waals surface area contributed by atoms with Gasteiger partial charge in [0, 0.05) is 24.9 Å². The second kappa shape index (κ2) is 13.6. The number of aliphatic hydroxyl groups is 1. The highest BCUT2D eigenvalue weighted by Crippen LogP contribution is 2.03. The maximum Gasteiger partial charge on any atom is 0.326 e. The van der Waals surface area contributed by atoms with E-state index in [4.69, 9.17) is 22.3 Å². The summed E-state index contributed by atoms with van der Waals surface area (Å²) >= 11 is 0. The number of carbonyl (C=O) groups excluding carboxylic acids is 3. The Morgan fingerprint density at radius 3 is 2.44 bits per heavy atom. The number of aromatic nitrogens is 2. The Labute approximate surface area is 183 Å². The average Bonchev–Trinajstić information content (AvgIpc) is 3.25. The number of aromatic amines is 1. The molecule has 0 spiro atoms. The monoisotopic (exact) mass is 455 g/mol. The van der Waals surface area contributed by atoms with Gasteiger partial charge in [0.05, 0.1) is 19.5 Å². The molecular weight excluding hydrogens is 426 g/mol. The van der Waals surface area contributed by atoms with Crippen LogP contribution in [-0.4, -0.2) is 87.7 Å². The molecule has 178 valence electrons. The van der Waals surface area contributed by atoms with Gasteiger partial charge in [-0.2, -0.15) is 0 Å². The van der Waals surface area contributed by atoms with Crippen LogP contribution < -0.4 is 33.2 Å². The van der Waals surface area contributed by atoms with Crippen LogP contribution >= 0.6 is 0 Å². The standard InChI is InChI=1S/C17H29N9O6/c18-10(7-27)14(29)23-6-13(28)25-11(2-1-3-22-17(19)20)15(30)26-12(16(31)32)4-9-5-21-8-24-9/h5,8,10-12,27H,1-4,6-7,18H2,(H,21,24)(H,23,29)(H,25,28)(H,26,30)(H,31,32)(H4,19,20,22). The summed E-state index contributed by atoms with van der Waals surface area (Å²) in [5.41, 5.74) is 16.3. The van der Waals surface area contributed by atoms with Crippen molar-refractivity contribution >= 4 is 29.7 Å². The summed E-state index contributed by atoms with van der Waals surface area (Å²) in [4.78, 5) is 58.3. The smallest absolute Gasteiger partial charge is 0.326 e. The number of aliphatic hydroxyl groups excluding tert-OH is 1. The largest absolute Gasteiger partial charge is 0.480 e. The van der Waals surface area contributed by atoms with E-state index in [1.807, 2.05) is 0 Å². The lowest BCUT2D eigenvalue weighted by Crippen LogP contribution is -2.54. The fraction of sp³-hybridized carbons (Fsp3) is 0.529. The number of hydrogen-bond acceptors (Lipinski definition) is 8. The fourth-order valence-electron chi connectivity index (χ4n) is 2.49. The molecule has 0 fully saturated rings. The molecule has 0 aliphatic heterocycles. The third-order valence-corrected chi connectivity index (χ3v) is 4.15. The molecule has 32 heavy (non-hydrogen) atoms. The summed E-state index contributed by atoms with van der Waals surface area (Å²) in [5.74, 6) is -3.62. The highest BCUT2D eigenvalue weighted by molar-refractivity contribution is 5.92. The number of nitrogens with one attached hydrogen (secondary N) is 4. The summed E-state index contributed by atoms with van der Waals surface area (Å²) < 4.78 is 0. The van der Waals surface area contributed by atoms with E-state index in [0.717, 1.165) is 0 Å². The average molecular weight is 455 g/mol. The van der Waals surface area contributed by atoms with E-state index in [2.05, 4.69) is 30.9 Å². The number of imidazole rings is 1. The molecule has 0 bridgehead atoms. The minimum atomic E-state index is -1.28. The topological polar surface area (TPSA) is 264 Å². The molecule has 0 saturated heterocycles. The maximum atomic E-state index is 12.7. The van der Waals surface area contributed by atoms with Gasteiger partial charge in [-0.3, -0.25) is 19.4 Å². The lowest BCUT2D eigenvalue weighted by Gasteiger charge is -2.21. The van der Waals surface area contributed by atoms with Gasteiger partial charge in [-0.25, -0.2) is 9.78 Å². The number of nitrogens with zero attached hydrogens (tertiary/aromatic N) is 2. The third kappa shape index (κ3) is 9.86.